The summed E-state index contributed by atoms with van der Waals surface area (Å²) in [4.78, 5) is 13.3. The molecule has 8 heteroatoms. The average molecular weight is 554 g/mol. The number of pyridine rings is 1. The van der Waals surface area contributed by atoms with Crippen LogP contribution in [0.2, 0.25) is 0 Å². The Morgan fingerprint density at radius 3 is 2.51 bits per heavy atom. The zero-order chi connectivity index (χ0) is 25.1. The van der Waals surface area contributed by atoms with Crippen molar-refractivity contribution in [2.75, 3.05) is 0 Å². The maximum Gasteiger partial charge on any atom is 0.391 e. The standard InChI is InChI=1S/C27H36BrF3N4/c28-25(16-32)19-35-26(12-14-34-18-22-4-2-13-33-17-22)23-5-1-3-20(6-9-23)15-21-7-10-24(11-8-21)27(29,30)31/h2,4,12-14,16-17,19-21,23-24H,1,3,5-11,15,18,32H2. The number of aromatic nitrogens is 1. The second-order valence-electron chi connectivity index (χ2n) is 9.82. The van der Waals surface area contributed by atoms with Gasteiger partial charge in [0.25, 0.3) is 0 Å². The van der Waals surface area contributed by atoms with Crippen molar-refractivity contribution in [1.29, 1.82) is 0 Å². The van der Waals surface area contributed by atoms with Crippen molar-refractivity contribution in [3.8, 4) is 0 Å². The molecule has 0 saturated heterocycles. The molecule has 0 aliphatic heterocycles. The van der Waals surface area contributed by atoms with Gasteiger partial charge in [-0.15, -0.1) is 0 Å². The van der Waals surface area contributed by atoms with Crippen LogP contribution < -0.4 is 5.73 Å². The number of hydrogen-bond acceptors (Lipinski definition) is 4. The molecule has 2 aliphatic carbocycles. The Bertz CT molecular complexity index is 887. The Balaban J connectivity index is 1.57. The van der Waals surface area contributed by atoms with Crippen LogP contribution in [0.1, 0.15) is 69.8 Å². The van der Waals surface area contributed by atoms with Crippen LogP contribution in [0.3, 0.4) is 0 Å². The third kappa shape index (κ3) is 9.54. The first-order chi connectivity index (χ1) is 16.8. The molecular weight excluding hydrogens is 517 g/mol. The van der Waals surface area contributed by atoms with Crippen molar-refractivity contribution in [1.82, 2.24) is 4.98 Å². The van der Waals surface area contributed by atoms with Crippen LogP contribution in [0.15, 0.2) is 57.0 Å². The first-order valence-electron chi connectivity index (χ1n) is 12.6. The van der Waals surface area contributed by atoms with Crippen molar-refractivity contribution in [3.05, 3.63) is 52.5 Å². The van der Waals surface area contributed by atoms with E-state index in [2.05, 4.69) is 25.9 Å². The van der Waals surface area contributed by atoms with E-state index < -0.39 is 12.1 Å². The highest BCUT2D eigenvalue weighted by Gasteiger charge is 2.41. The van der Waals surface area contributed by atoms with Gasteiger partial charge in [0.1, 0.15) is 0 Å². The van der Waals surface area contributed by atoms with Crippen molar-refractivity contribution in [2.24, 2.45) is 39.4 Å². The smallest absolute Gasteiger partial charge is 0.391 e. The molecule has 2 atom stereocenters. The lowest BCUT2D eigenvalue weighted by atomic mass is 9.76. The van der Waals surface area contributed by atoms with E-state index in [4.69, 9.17) is 10.7 Å². The minimum absolute atomic E-state index is 0.299. The number of alkyl halides is 3. The van der Waals surface area contributed by atoms with E-state index in [-0.39, 0.29) is 0 Å². The highest BCUT2D eigenvalue weighted by atomic mass is 79.9. The molecule has 3 rings (SSSR count). The van der Waals surface area contributed by atoms with Crippen LogP contribution in [0.4, 0.5) is 13.2 Å². The number of hydrogen-bond donors (Lipinski definition) is 1. The van der Waals surface area contributed by atoms with Gasteiger partial charge in [-0.2, -0.15) is 13.2 Å². The molecule has 2 saturated carbocycles. The van der Waals surface area contributed by atoms with E-state index in [1.807, 2.05) is 30.6 Å². The van der Waals surface area contributed by atoms with Gasteiger partial charge < -0.3 is 5.73 Å². The molecule has 1 heterocycles. The molecule has 0 spiro atoms. The lowest BCUT2D eigenvalue weighted by Gasteiger charge is -2.31. The summed E-state index contributed by atoms with van der Waals surface area (Å²) in [6, 6.07) is 3.90. The molecule has 192 valence electrons. The summed E-state index contributed by atoms with van der Waals surface area (Å²) in [5.74, 6) is 0.269. The summed E-state index contributed by atoms with van der Waals surface area (Å²) in [7, 11) is 0. The van der Waals surface area contributed by atoms with Gasteiger partial charge in [-0.25, -0.2) is 0 Å². The Morgan fingerprint density at radius 2 is 1.83 bits per heavy atom. The third-order valence-corrected chi connectivity index (χ3v) is 7.80. The van der Waals surface area contributed by atoms with E-state index in [1.54, 1.807) is 12.4 Å². The molecule has 4 nitrogen and oxygen atoms in total. The fourth-order valence-corrected chi connectivity index (χ4v) is 5.45. The van der Waals surface area contributed by atoms with E-state index in [1.165, 1.54) is 6.20 Å². The Labute approximate surface area is 215 Å². The number of nitrogens with zero attached hydrogens (tertiary/aromatic N) is 3. The van der Waals surface area contributed by atoms with Gasteiger partial charge >= 0.3 is 6.18 Å². The van der Waals surface area contributed by atoms with Crippen LogP contribution >= 0.6 is 15.9 Å². The van der Waals surface area contributed by atoms with Gasteiger partial charge in [0.2, 0.25) is 0 Å². The van der Waals surface area contributed by atoms with Crippen LogP contribution in [0.25, 0.3) is 0 Å². The fraction of sp³-hybridized carbons (Fsp3) is 0.593. The molecule has 0 amide bonds. The average Bonchev–Trinajstić information content (AvgIpc) is 3.09. The molecule has 2 unspecified atom stereocenters. The second kappa shape index (κ2) is 14.0. The zero-order valence-electron chi connectivity index (χ0n) is 20.1. The zero-order valence-corrected chi connectivity index (χ0v) is 21.7. The summed E-state index contributed by atoms with van der Waals surface area (Å²) in [6.45, 7) is 0.567. The summed E-state index contributed by atoms with van der Waals surface area (Å²) in [6.07, 6.45) is 15.1. The second-order valence-corrected chi connectivity index (χ2v) is 10.7. The largest absolute Gasteiger partial charge is 0.404 e. The van der Waals surface area contributed by atoms with Gasteiger partial charge in [-0.1, -0.05) is 18.9 Å². The van der Waals surface area contributed by atoms with Crippen LogP contribution in [0.5, 0.6) is 0 Å². The summed E-state index contributed by atoms with van der Waals surface area (Å²) in [5.41, 5.74) is 7.62. The minimum Gasteiger partial charge on any atom is -0.404 e. The van der Waals surface area contributed by atoms with Crippen molar-refractivity contribution >= 4 is 28.4 Å². The molecule has 2 N–H and O–H groups in total. The molecule has 35 heavy (non-hydrogen) atoms. The predicted molar refractivity (Wildman–Crippen MR) is 140 cm³/mol. The van der Waals surface area contributed by atoms with Crippen LogP contribution in [-0.4, -0.2) is 23.6 Å². The highest BCUT2D eigenvalue weighted by molar-refractivity contribution is 9.12. The quantitative estimate of drug-likeness (QED) is 0.264. The molecule has 0 bridgehead atoms. The van der Waals surface area contributed by atoms with E-state index >= 15 is 0 Å². The Morgan fingerprint density at radius 1 is 1.09 bits per heavy atom. The monoisotopic (exact) mass is 552 g/mol. The topological polar surface area (TPSA) is 63.6 Å². The molecule has 0 aromatic carbocycles. The normalized spacial score (nSPS) is 27.4. The van der Waals surface area contributed by atoms with E-state index in [0.717, 1.165) is 54.3 Å². The summed E-state index contributed by atoms with van der Waals surface area (Å²) < 4.78 is 39.7. The van der Waals surface area contributed by atoms with E-state index in [9.17, 15) is 13.2 Å². The number of allylic oxidation sites excluding steroid dienone is 3. The van der Waals surface area contributed by atoms with Crippen molar-refractivity contribution < 1.29 is 13.2 Å². The first-order valence-corrected chi connectivity index (χ1v) is 13.4. The predicted octanol–water partition coefficient (Wildman–Crippen LogP) is 7.76. The van der Waals surface area contributed by atoms with Crippen molar-refractivity contribution in [2.45, 2.75) is 76.9 Å². The minimum atomic E-state index is -4.03. The van der Waals surface area contributed by atoms with Crippen LogP contribution in [0, 0.1) is 23.7 Å². The molecule has 1 aromatic rings. The highest BCUT2D eigenvalue weighted by Crippen LogP contribution is 2.43. The maximum absolute atomic E-state index is 13.0. The lowest BCUT2D eigenvalue weighted by molar-refractivity contribution is -0.184. The van der Waals surface area contributed by atoms with Gasteiger partial charge in [0, 0.05) is 42.6 Å². The number of nitrogens with two attached hydrogens (primary N) is 1. The molecule has 2 fully saturated rings. The van der Waals surface area contributed by atoms with E-state index in [0.29, 0.717) is 50.0 Å². The van der Waals surface area contributed by atoms with Gasteiger partial charge in [-0.3, -0.25) is 15.0 Å². The fourth-order valence-electron chi connectivity index (χ4n) is 5.35. The van der Waals surface area contributed by atoms with Crippen molar-refractivity contribution in [3.63, 3.8) is 0 Å². The molecule has 1 aromatic heterocycles. The van der Waals surface area contributed by atoms with Gasteiger partial charge in [0.15, 0.2) is 0 Å². The Hall–Kier alpha value is -1.96. The van der Waals surface area contributed by atoms with Gasteiger partial charge in [0.05, 0.1) is 16.9 Å². The number of halogens is 4. The third-order valence-electron chi connectivity index (χ3n) is 7.33. The molecular formula is C27H36BrF3N4. The number of aliphatic imine (C=N–C) groups is 2. The number of rotatable bonds is 8. The summed E-state index contributed by atoms with van der Waals surface area (Å²) >= 11 is 3.39. The van der Waals surface area contributed by atoms with Crippen LogP contribution in [-0.2, 0) is 6.54 Å². The Kier molecular flexibility index (Phi) is 11.0. The van der Waals surface area contributed by atoms with Gasteiger partial charge in [-0.05, 0) is 96.8 Å². The first kappa shape index (κ1) is 27.6. The maximum atomic E-state index is 13.0. The molecule has 2 aliphatic rings. The lowest BCUT2D eigenvalue weighted by Crippen LogP contribution is -2.28. The summed E-state index contributed by atoms with van der Waals surface area (Å²) in [5, 5.41) is 0. The molecule has 0 radical (unpaired) electrons. The SMILES string of the molecule is NC=C(Br)C=NC(=CC=NCc1cccnc1)C1CCCC(CC2CCC(C(F)(F)F)CC2)CC1.